The summed E-state index contributed by atoms with van der Waals surface area (Å²) >= 11 is 0. The summed E-state index contributed by atoms with van der Waals surface area (Å²) in [4.78, 5) is 36.1. The number of nitrogens with one attached hydrogen (secondary N) is 2. The molecule has 1 fully saturated rings. The number of rotatable bonds is 6. The largest absolute Gasteiger partial charge is 0.449 e. The summed E-state index contributed by atoms with van der Waals surface area (Å²) in [6, 6.07) is 6.33. The molecule has 7 nitrogen and oxygen atoms in total. The summed E-state index contributed by atoms with van der Waals surface area (Å²) in [6.07, 6.45) is 4.10. The van der Waals surface area contributed by atoms with Crippen LogP contribution >= 0.6 is 0 Å². The van der Waals surface area contributed by atoms with E-state index in [-0.39, 0.29) is 6.04 Å². The molecular formula is C19H26N2O5. The predicted octanol–water partition coefficient (Wildman–Crippen LogP) is 2.54. The van der Waals surface area contributed by atoms with Crippen LogP contribution in [-0.2, 0) is 20.9 Å². The van der Waals surface area contributed by atoms with Crippen molar-refractivity contribution in [3.63, 3.8) is 0 Å². The average molecular weight is 362 g/mol. The van der Waals surface area contributed by atoms with Gasteiger partial charge in [0.2, 0.25) is 0 Å². The Balaban J connectivity index is 1.82. The third-order valence-electron chi connectivity index (χ3n) is 4.30. The van der Waals surface area contributed by atoms with Gasteiger partial charge in [-0.05, 0) is 37.5 Å². The number of methoxy groups -OCH3 is 1. The topological polar surface area (TPSA) is 93.7 Å². The molecule has 1 aliphatic rings. The molecule has 2 N–H and O–H groups in total. The fourth-order valence-corrected chi connectivity index (χ4v) is 2.92. The minimum absolute atomic E-state index is 0.0953. The van der Waals surface area contributed by atoms with E-state index in [1.165, 1.54) is 13.3 Å². The van der Waals surface area contributed by atoms with Gasteiger partial charge in [-0.1, -0.05) is 31.4 Å². The molecule has 26 heavy (non-hydrogen) atoms. The standard InChI is InChI=1S/C19H26N2O5/c1-13(17(22)21-19(24)20-16-9-4-3-5-10-16)26-18(23)15-8-6-7-14(11-15)12-25-2/h6-8,11,13,16H,3-5,9-10,12H2,1-2H3,(H2,20,21,22,24)/t13-/m0/s1. The summed E-state index contributed by atoms with van der Waals surface area (Å²) in [5, 5.41) is 5.02. The highest BCUT2D eigenvalue weighted by molar-refractivity contribution is 5.98. The van der Waals surface area contributed by atoms with Gasteiger partial charge in [-0.15, -0.1) is 0 Å². The van der Waals surface area contributed by atoms with Crippen molar-refractivity contribution in [1.29, 1.82) is 0 Å². The van der Waals surface area contributed by atoms with Crippen LogP contribution in [0.5, 0.6) is 0 Å². The Morgan fingerprint density at radius 1 is 1.19 bits per heavy atom. The third-order valence-corrected chi connectivity index (χ3v) is 4.30. The molecule has 0 spiro atoms. The Morgan fingerprint density at radius 3 is 2.62 bits per heavy atom. The minimum Gasteiger partial charge on any atom is -0.449 e. The quantitative estimate of drug-likeness (QED) is 0.759. The van der Waals surface area contributed by atoms with Gasteiger partial charge in [-0.3, -0.25) is 10.1 Å². The molecule has 0 bridgehead atoms. The molecule has 1 aromatic carbocycles. The summed E-state index contributed by atoms with van der Waals surface area (Å²) < 4.78 is 10.2. The van der Waals surface area contributed by atoms with E-state index in [2.05, 4.69) is 10.6 Å². The number of carbonyl (C=O) groups is 3. The van der Waals surface area contributed by atoms with E-state index in [1.54, 1.807) is 25.3 Å². The number of imide groups is 1. The number of carbonyl (C=O) groups excluding carboxylic acids is 3. The van der Waals surface area contributed by atoms with Crippen molar-refractivity contribution in [2.24, 2.45) is 0 Å². The summed E-state index contributed by atoms with van der Waals surface area (Å²) in [7, 11) is 1.57. The highest BCUT2D eigenvalue weighted by Crippen LogP contribution is 2.17. The molecule has 2 rings (SSSR count). The third kappa shape index (κ3) is 6.15. The highest BCUT2D eigenvalue weighted by atomic mass is 16.5. The van der Waals surface area contributed by atoms with Gasteiger partial charge in [0.05, 0.1) is 12.2 Å². The lowest BCUT2D eigenvalue weighted by molar-refractivity contribution is -0.127. The number of benzene rings is 1. The number of urea groups is 1. The molecule has 0 unspecified atom stereocenters. The number of esters is 1. The molecule has 0 heterocycles. The lowest BCUT2D eigenvalue weighted by Gasteiger charge is -2.23. The second-order valence-corrected chi connectivity index (χ2v) is 6.48. The normalized spacial score (nSPS) is 15.8. The van der Waals surface area contributed by atoms with E-state index in [1.807, 2.05) is 6.07 Å². The van der Waals surface area contributed by atoms with Gasteiger partial charge in [-0.2, -0.15) is 0 Å². The summed E-state index contributed by atoms with van der Waals surface area (Å²) in [6.45, 7) is 1.80. The van der Waals surface area contributed by atoms with Crippen LogP contribution in [0.3, 0.4) is 0 Å². The Hall–Kier alpha value is -2.41. The van der Waals surface area contributed by atoms with Crippen molar-refractivity contribution in [2.45, 2.75) is 57.8 Å². The number of hydrogen-bond donors (Lipinski definition) is 2. The molecule has 1 atom stereocenters. The Labute approximate surface area is 153 Å². The number of ether oxygens (including phenoxy) is 2. The zero-order valence-electron chi connectivity index (χ0n) is 15.2. The van der Waals surface area contributed by atoms with Gasteiger partial charge in [-0.25, -0.2) is 9.59 Å². The van der Waals surface area contributed by atoms with Crippen LogP contribution in [0.2, 0.25) is 0 Å². The first-order valence-electron chi connectivity index (χ1n) is 8.90. The Bertz CT molecular complexity index is 641. The molecule has 0 aromatic heterocycles. The van der Waals surface area contributed by atoms with Gasteiger partial charge in [0.1, 0.15) is 0 Å². The van der Waals surface area contributed by atoms with Gasteiger partial charge < -0.3 is 14.8 Å². The smallest absolute Gasteiger partial charge is 0.338 e. The maximum Gasteiger partial charge on any atom is 0.338 e. The second-order valence-electron chi connectivity index (χ2n) is 6.48. The minimum atomic E-state index is -1.08. The molecule has 3 amide bonds. The lowest BCUT2D eigenvalue weighted by Crippen LogP contribution is -2.48. The molecule has 142 valence electrons. The second kappa shape index (κ2) is 9.91. The first-order chi connectivity index (χ1) is 12.5. The predicted molar refractivity (Wildman–Crippen MR) is 95.6 cm³/mol. The van der Waals surface area contributed by atoms with Crippen molar-refractivity contribution in [3.8, 4) is 0 Å². The molecule has 1 saturated carbocycles. The van der Waals surface area contributed by atoms with Gasteiger partial charge in [0, 0.05) is 13.2 Å². The SMILES string of the molecule is COCc1cccc(C(=O)O[C@@H](C)C(=O)NC(=O)NC2CCCCC2)c1. The van der Waals surface area contributed by atoms with Crippen LogP contribution in [0.1, 0.15) is 54.9 Å². The monoisotopic (exact) mass is 362 g/mol. The molecule has 0 radical (unpaired) electrons. The maximum atomic E-state index is 12.2. The van der Waals surface area contributed by atoms with Gasteiger partial charge in [0.15, 0.2) is 6.10 Å². The Kier molecular flexibility index (Phi) is 7.59. The first-order valence-corrected chi connectivity index (χ1v) is 8.90. The fourth-order valence-electron chi connectivity index (χ4n) is 2.92. The fraction of sp³-hybridized carbons (Fsp3) is 0.526. The summed E-state index contributed by atoms with van der Waals surface area (Å²) in [5.74, 6) is -1.28. The zero-order chi connectivity index (χ0) is 18.9. The van der Waals surface area contributed by atoms with E-state index in [0.717, 1.165) is 31.2 Å². The number of hydrogen-bond acceptors (Lipinski definition) is 5. The van der Waals surface area contributed by atoms with Crippen LogP contribution in [-0.4, -0.2) is 37.2 Å². The molecular weight excluding hydrogens is 336 g/mol. The van der Waals surface area contributed by atoms with E-state index in [9.17, 15) is 14.4 Å². The van der Waals surface area contributed by atoms with Crippen molar-refractivity contribution in [3.05, 3.63) is 35.4 Å². The van der Waals surface area contributed by atoms with Crippen LogP contribution in [0.25, 0.3) is 0 Å². The molecule has 0 saturated heterocycles. The molecule has 1 aromatic rings. The van der Waals surface area contributed by atoms with E-state index >= 15 is 0 Å². The highest BCUT2D eigenvalue weighted by Gasteiger charge is 2.22. The van der Waals surface area contributed by atoms with Crippen LogP contribution in [0.15, 0.2) is 24.3 Å². The molecule has 1 aliphatic carbocycles. The average Bonchev–Trinajstić information content (AvgIpc) is 2.62. The van der Waals surface area contributed by atoms with E-state index in [0.29, 0.717) is 12.2 Å². The van der Waals surface area contributed by atoms with Gasteiger partial charge in [0.25, 0.3) is 5.91 Å². The first kappa shape index (κ1) is 19.9. The van der Waals surface area contributed by atoms with Crippen molar-refractivity contribution in [1.82, 2.24) is 10.6 Å². The molecule has 0 aliphatic heterocycles. The van der Waals surface area contributed by atoms with Crippen molar-refractivity contribution >= 4 is 17.9 Å². The summed E-state index contributed by atoms with van der Waals surface area (Å²) in [5.41, 5.74) is 1.15. The van der Waals surface area contributed by atoms with Crippen LogP contribution < -0.4 is 10.6 Å². The molecule has 7 heteroatoms. The van der Waals surface area contributed by atoms with E-state index in [4.69, 9.17) is 9.47 Å². The van der Waals surface area contributed by atoms with E-state index < -0.39 is 24.0 Å². The number of amides is 3. The van der Waals surface area contributed by atoms with Crippen molar-refractivity contribution in [2.75, 3.05) is 7.11 Å². The Morgan fingerprint density at radius 2 is 1.92 bits per heavy atom. The lowest BCUT2D eigenvalue weighted by atomic mass is 9.96. The van der Waals surface area contributed by atoms with Gasteiger partial charge >= 0.3 is 12.0 Å². The van der Waals surface area contributed by atoms with Crippen LogP contribution in [0, 0.1) is 0 Å². The van der Waals surface area contributed by atoms with Crippen LogP contribution in [0.4, 0.5) is 4.79 Å². The maximum absolute atomic E-state index is 12.2. The van der Waals surface area contributed by atoms with Crippen molar-refractivity contribution < 1.29 is 23.9 Å². The zero-order valence-corrected chi connectivity index (χ0v) is 15.2.